The second-order valence-electron chi connectivity index (χ2n) is 5.76. The summed E-state index contributed by atoms with van der Waals surface area (Å²) < 4.78 is 39.8. The largest absolute Gasteiger partial charge is 0.460 e. The molecule has 0 atom stereocenters. The molecule has 1 aliphatic heterocycles. The lowest BCUT2D eigenvalue weighted by atomic mass is 9.94. The topological polar surface area (TPSA) is 93.7 Å². The van der Waals surface area contributed by atoms with Gasteiger partial charge in [-0.1, -0.05) is 0 Å². The monoisotopic (exact) mass is 342 g/mol. The highest BCUT2D eigenvalue weighted by Crippen LogP contribution is 2.23. The molecule has 0 unspecified atom stereocenters. The van der Waals surface area contributed by atoms with Crippen molar-refractivity contribution in [3.05, 3.63) is 18.5 Å². The lowest BCUT2D eigenvalue weighted by molar-refractivity contribution is 0.0719. The van der Waals surface area contributed by atoms with Crippen molar-refractivity contribution >= 4 is 10.2 Å². The van der Waals surface area contributed by atoms with E-state index < -0.39 is 10.2 Å². The maximum Gasteiger partial charge on any atom is 0.316 e. The number of morpholine rings is 1. The van der Waals surface area contributed by atoms with Crippen LogP contribution in [0.3, 0.4) is 0 Å². The van der Waals surface area contributed by atoms with Gasteiger partial charge in [-0.25, -0.2) is 9.97 Å². The Balaban J connectivity index is 1.47. The van der Waals surface area contributed by atoms with E-state index in [4.69, 9.17) is 9.47 Å². The van der Waals surface area contributed by atoms with Crippen LogP contribution in [0.5, 0.6) is 6.01 Å². The van der Waals surface area contributed by atoms with Gasteiger partial charge in [0.2, 0.25) is 0 Å². The standard InChI is InChI=1S/C14H22N4O4S/c19-23(20,18-8-10-21-11-9-18)17-12-2-4-13(5-3-12)22-14-15-6-1-7-16-14/h1,6-7,12-13,17H,2-5,8-11H2. The highest BCUT2D eigenvalue weighted by Gasteiger charge is 2.30. The number of nitrogens with one attached hydrogen (secondary N) is 1. The highest BCUT2D eigenvalue weighted by atomic mass is 32.2. The fourth-order valence-corrected chi connectivity index (χ4v) is 4.30. The maximum atomic E-state index is 12.3. The van der Waals surface area contributed by atoms with E-state index in [0.717, 1.165) is 25.7 Å². The van der Waals surface area contributed by atoms with Crippen molar-refractivity contribution in [3.63, 3.8) is 0 Å². The zero-order chi connectivity index (χ0) is 16.1. The van der Waals surface area contributed by atoms with Crippen LogP contribution < -0.4 is 9.46 Å². The molecule has 0 amide bonds. The molecule has 1 aromatic heterocycles. The second-order valence-corrected chi connectivity index (χ2v) is 7.46. The van der Waals surface area contributed by atoms with Crippen molar-refractivity contribution in [2.24, 2.45) is 0 Å². The maximum absolute atomic E-state index is 12.3. The molecule has 3 rings (SSSR count). The molecule has 23 heavy (non-hydrogen) atoms. The molecule has 1 aliphatic carbocycles. The van der Waals surface area contributed by atoms with Crippen molar-refractivity contribution in [2.75, 3.05) is 26.3 Å². The summed E-state index contributed by atoms with van der Waals surface area (Å²) in [6.07, 6.45) is 6.40. The molecule has 8 nitrogen and oxygen atoms in total. The van der Waals surface area contributed by atoms with E-state index in [9.17, 15) is 8.42 Å². The molecule has 0 radical (unpaired) electrons. The fraction of sp³-hybridized carbons (Fsp3) is 0.714. The van der Waals surface area contributed by atoms with E-state index in [1.165, 1.54) is 4.31 Å². The van der Waals surface area contributed by atoms with Gasteiger partial charge in [0.15, 0.2) is 0 Å². The van der Waals surface area contributed by atoms with Crippen LogP contribution in [0.25, 0.3) is 0 Å². The molecule has 0 aromatic carbocycles. The Hall–Kier alpha value is -1.29. The molecular weight excluding hydrogens is 320 g/mol. The number of hydrogen-bond donors (Lipinski definition) is 1. The van der Waals surface area contributed by atoms with Crippen LogP contribution in [-0.2, 0) is 14.9 Å². The Morgan fingerprint density at radius 2 is 1.78 bits per heavy atom. The van der Waals surface area contributed by atoms with E-state index in [-0.39, 0.29) is 12.1 Å². The molecular formula is C14H22N4O4S. The van der Waals surface area contributed by atoms with E-state index in [0.29, 0.717) is 32.3 Å². The van der Waals surface area contributed by atoms with Gasteiger partial charge in [0.1, 0.15) is 6.10 Å². The molecule has 1 saturated carbocycles. The summed E-state index contributed by atoms with van der Waals surface area (Å²) in [7, 11) is -3.42. The van der Waals surface area contributed by atoms with Crippen LogP contribution in [0.15, 0.2) is 18.5 Å². The fourth-order valence-electron chi connectivity index (χ4n) is 2.87. The Labute approximate surface area is 136 Å². The van der Waals surface area contributed by atoms with Gasteiger partial charge in [0.25, 0.3) is 10.2 Å². The third-order valence-electron chi connectivity index (χ3n) is 4.11. The molecule has 128 valence electrons. The Morgan fingerprint density at radius 3 is 2.43 bits per heavy atom. The van der Waals surface area contributed by atoms with Crippen LogP contribution in [0.1, 0.15) is 25.7 Å². The highest BCUT2D eigenvalue weighted by molar-refractivity contribution is 7.87. The molecule has 2 fully saturated rings. The molecule has 1 aromatic rings. The molecule has 1 N–H and O–H groups in total. The molecule has 0 bridgehead atoms. The molecule has 2 heterocycles. The van der Waals surface area contributed by atoms with E-state index in [1.54, 1.807) is 18.5 Å². The molecule has 0 spiro atoms. The Kier molecular flexibility index (Phi) is 5.42. The molecule has 2 aliphatic rings. The summed E-state index contributed by atoms with van der Waals surface area (Å²) in [5.41, 5.74) is 0. The van der Waals surface area contributed by atoms with E-state index >= 15 is 0 Å². The third-order valence-corrected chi connectivity index (χ3v) is 5.79. The van der Waals surface area contributed by atoms with Crippen molar-refractivity contribution in [1.29, 1.82) is 0 Å². The van der Waals surface area contributed by atoms with Crippen LogP contribution in [0.4, 0.5) is 0 Å². The average Bonchev–Trinajstić information content (AvgIpc) is 2.58. The first kappa shape index (κ1) is 16.6. The number of aromatic nitrogens is 2. The van der Waals surface area contributed by atoms with Gasteiger partial charge in [0.05, 0.1) is 13.2 Å². The zero-order valence-electron chi connectivity index (χ0n) is 12.9. The smallest absolute Gasteiger partial charge is 0.316 e. The Bertz CT molecular complexity index is 584. The van der Waals surface area contributed by atoms with Gasteiger partial charge in [-0.15, -0.1) is 0 Å². The predicted molar refractivity (Wildman–Crippen MR) is 83.2 cm³/mol. The Morgan fingerprint density at radius 1 is 1.13 bits per heavy atom. The van der Waals surface area contributed by atoms with Crippen molar-refractivity contribution < 1.29 is 17.9 Å². The van der Waals surface area contributed by atoms with E-state index in [1.807, 2.05) is 0 Å². The van der Waals surface area contributed by atoms with Crippen molar-refractivity contribution in [1.82, 2.24) is 19.0 Å². The minimum Gasteiger partial charge on any atom is -0.460 e. The van der Waals surface area contributed by atoms with Gasteiger partial charge in [0, 0.05) is 31.5 Å². The average molecular weight is 342 g/mol. The van der Waals surface area contributed by atoms with Gasteiger partial charge < -0.3 is 9.47 Å². The van der Waals surface area contributed by atoms with Crippen molar-refractivity contribution in [2.45, 2.75) is 37.8 Å². The van der Waals surface area contributed by atoms with Crippen LogP contribution in [-0.4, -0.2) is 61.1 Å². The number of rotatable bonds is 5. The first-order chi connectivity index (χ1) is 11.1. The number of ether oxygens (including phenoxy) is 2. The lowest BCUT2D eigenvalue weighted by Gasteiger charge is -2.32. The van der Waals surface area contributed by atoms with Crippen LogP contribution >= 0.6 is 0 Å². The third kappa shape index (κ3) is 4.60. The van der Waals surface area contributed by atoms with Crippen molar-refractivity contribution in [3.8, 4) is 6.01 Å². The van der Waals surface area contributed by atoms with Gasteiger partial charge in [-0.05, 0) is 31.7 Å². The van der Waals surface area contributed by atoms with Crippen LogP contribution in [0.2, 0.25) is 0 Å². The summed E-state index contributed by atoms with van der Waals surface area (Å²) in [5, 5.41) is 0. The van der Waals surface area contributed by atoms with Gasteiger partial charge >= 0.3 is 6.01 Å². The SMILES string of the molecule is O=S(=O)(NC1CCC(Oc2ncccn2)CC1)N1CCOCC1. The lowest BCUT2D eigenvalue weighted by Crippen LogP contribution is -2.50. The molecule has 9 heteroatoms. The van der Waals surface area contributed by atoms with Gasteiger partial charge in [-0.3, -0.25) is 0 Å². The first-order valence-electron chi connectivity index (χ1n) is 7.92. The normalized spacial score (nSPS) is 26.8. The quantitative estimate of drug-likeness (QED) is 0.829. The summed E-state index contributed by atoms with van der Waals surface area (Å²) in [4.78, 5) is 8.10. The number of nitrogens with zero attached hydrogens (tertiary/aromatic N) is 3. The number of hydrogen-bond acceptors (Lipinski definition) is 6. The van der Waals surface area contributed by atoms with E-state index in [2.05, 4.69) is 14.7 Å². The van der Waals surface area contributed by atoms with Gasteiger partial charge in [-0.2, -0.15) is 17.4 Å². The summed E-state index contributed by atoms with van der Waals surface area (Å²) in [5.74, 6) is 0. The predicted octanol–water partition coefficient (Wildman–Crippen LogP) is 0.333. The minimum absolute atomic E-state index is 0.0422. The molecule has 1 saturated heterocycles. The minimum atomic E-state index is -3.42. The summed E-state index contributed by atoms with van der Waals surface area (Å²) in [6, 6.07) is 2.08. The summed E-state index contributed by atoms with van der Waals surface area (Å²) in [6.45, 7) is 1.75. The zero-order valence-corrected chi connectivity index (χ0v) is 13.7. The first-order valence-corrected chi connectivity index (χ1v) is 9.36. The summed E-state index contributed by atoms with van der Waals surface area (Å²) >= 11 is 0. The van der Waals surface area contributed by atoms with Crippen LogP contribution in [0, 0.1) is 0 Å². The second kappa shape index (κ2) is 7.52.